The van der Waals surface area contributed by atoms with E-state index in [1.165, 1.54) is 0 Å². The maximum atomic E-state index is 12.0. The lowest BCUT2D eigenvalue weighted by Gasteiger charge is -2.19. The number of hydrogen-bond acceptors (Lipinski definition) is 10. The molecule has 0 spiro atoms. The molecular formula is C24H46N6O9. The Morgan fingerprint density at radius 2 is 1.36 bits per heavy atom. The van der Waals surface area contributed by atoms with Gasteiger partial charge in [0.15, 0.2) is 0 Å². The molecule has 226 valence electrons. The number of carbonyl (C=O) groups is 3. The Morgan fingerprint density at radius 1 is 0.795 bits per heavy atom. The van der Waals surface area contributed by atoms with E-state index in [9.17, 15) is 14.4 Å². The van der Waals surface area contributed by atoms with Crippen LogP contribution in [0.4, 0.5) is 9.59 Å². The third-order valence-corrected chi connectivity index (χ3v) is 4.55. The van der Waals surface area contributed by atoms with Crippen LogP contribution in [0.15, 0.2) is 5.11 Å². The van der Waals surface area contributed by atoms with Crippen molar-refractivity contribution in [3.8, 4) is 0 Å². The molecule has 0 fully saturated rings. The molecule has 0 aliphatic rings. The normalized spacial score (nSPS) is 11.7. The largest absolute Gasteiger partial charge is 0.447 e. The predicted molar refractivity (Wildman–Crippen MR) is 142 cm³/mol. The van der Waals surface area contributed by atoms with Gasteiger partial charge in [0.25, 0.3) is 0 Å². The van der Waals surface area contributed by atoms with Gasteiger partial charge < -0.3 is 44.4 Å². The first-order valence-corrected chi connectivity index (χ1v) is 13.1. The highest BCUT2D eigenvalue weighted by atomic mass is 16.6. The highest BCUT2D eigenvalue weighted by molar-refractivity contribution is 5.75. The monoisotopic (exact) mass is 562 g/mol. The second-order valence-corrected chi connectivity index (χ2v) is 9.34. The van der Waals surface area contributed by atoms with Crippen molar-refractivity contribution in [1.82, 2.24) is 16.0 Å². The molecule has 1 unspecified atom stereocenters. The van der Waals surface area contributed by atoms with Crippen molar-refractivity contribution in [2.45, 2.75) is 46.1 Å². The summed E-state index contributed by atoms with van der Waals surface area (Å²) >= 11 is 0. The topological polar surface area (TPSA) is 191 Å². The Hall–Kier alpha value is -2.84. The zero-order chi connectivity index (χ0) is 29.2. The molecule has 0 saturated carbocycles. The Kier molecular flexibility index (Phi) is 22.5. The molecular weight excluding hydrogens is 516 g/mol. The summed E-state index contributed by atoms with van der Waals surface area (Å²) in [6.45, 7) is 11.6. The average molecular weight is 563 g/mol. The number of amides is 3. The summed E-state index contributed by atoms with van der Waals surface area (Å²) in [5.74, 6) is 0.0108. The van der Waals surface area contributed by atoms with Crippen LogP contribution in [0.3, 0.4) is 0 Å². The predicted octanol–water partition coefficient (Wildman–Crippen LogP) is 2.15. The minimum absolute atomic E-state index is 0.0867. The van der Waals surface area contributed by atoms with Crippen molar-refractivity contribution in [2.24, 2.45) is 11.0 Å². The van der Waals surface area contributed by atoms with Crippen molar-refractivity contribution in [3.63, 3.8) is 0 Å². The number of nitrogens with zero attached hydrogens (tertiary/aromatic N) is 3. The van der Waals surface area contributed by atoms with E-state index in [1.807, 2.05) is 6.92 Å². The van der Waals surface area contributed by atoms with E-state index in [2.05, 4.69) is 26.0 Å². The maximum absolute atomic E-state index is 12.0. The summed E-state index contributed by atoms with van der Waals surface area (Å²) in [4.78, 5) is 37.8. The molecule has 0 aliphatic heterocycles. The van der Waals surface area contributed by atoms with Gasteiger partial charge in [-0.2, -0.15) is 0 Å². The second-order valence-electron chi connectivity index (χ2n) is 9.34. The number of rotatable bonds is 23. The standard InChI is InChI=1S/C24H46N6O9/c1-20(19-28-22(32)38-18-17-37-16-15-36-12-9-29-30-25)5-6-21(31)26-7-10-34-13-14-35-11-8-27-23(33)39-24(2,3)4/h20H,5-19H2,1-4H3,(H,26,31)(H,27,33)(H,28,32). The van der Waals surface area contributed by atoms with Gasteiger partial charge in [0.05, 0.1) is 52.9 Å². The zero-order valence-corrected chi connectivity index (χ0v) is 23.7. The molecule has 0 aromatic rings. The zero-order valence-electron chi connectivity index (χ0n) is 23.7. The van der Waals surface area contributed by atoms with Crippen LogP contribution in [0, 0.1) is 5.92 Å². The summed E-state index contributed by atoms with van der Waals surface area (Å²) in [6.07, 6.45) is -0.0733. The van der Waals surface area contributed by atoms with Crippen molar-refractivity contribution >= 4 is 18.1 Å². The molecule has 0 aromatic carbocycles. The van der Waals surface area contributed by atoms with E-state index in [0.29, 0.717) is 78.7 Å². The lowest BCUT2D eigenvalue weighted by Crippen LogP contribution is -2.34. The van der Waals surface area contributed by atoms with Crippen LogP contribution < -0.4 is 16.0 Å². The third-order valence-electron chi connectivity index (χ3n) is 4.55. The van der Waals surface area contributed by atoms with Crippen molar-refractivity contribution < 1.29 is 42.8 Å². The fourth-order valence-corrected chi connectivity index (χ4v) is 2.67. The molecule has 0 aliphatic carbocycles. The van der Waals surface area contributed by atoms with Crippen molar-refractivity contribution in [2.75, 3.05) is 85.6 Å². The van der Waals surface area contributed by atoms with Crippen LogP contribution in [0.2, 0.25) is 0 Å². The molecule has 0 aromatic heterocycles. The summed E-state index contributed by atoms with van der Waals surface area (Å²) in [5.41, 5.74) is 7.59. The maximum Gasteiger partial charge on any atom is 0.407 e. The number of alkyl carbamates (subject to hydrolysis) is 2. The van der Waals surface area contributed by atoms with Gasteiger partial charge in [0.2, 0.25) is 5.91 Å². The lowest BCUT2D eigenvalue weighted by molar-refractivity contribution is -0.121. The third kappa shape index (κ3) is 28.0. The van der Waals surface area contributed by atoms with E-state index in [-0.39, 0.29) is 31.6 Å². The van der Waals surface area contributed by atoms with Crippen molar-refractivity contribution in [1.29, 1.82) is 0 Å². The van der Waals surface area contributed by atoms with Gasteiger partial charge in [-0.1, -0.05) is 12.0 Å². The number of carbonyl (C=O) groups excluding carboxylic acids is 3. The first-order chi connectivity index (χ1) is 18.6. The summed E-state index contributed by atoms with van der Waals surface area (Å²) in [5, 5.41) is 11.4. The van der Waals surface area contributed by atoms with Gasteiger partial charge in [0, 0.05) is 37.5 Å². The van der Waals surface area contributed by atoms with E-state index >= 15 is 0 Å². The van der Waals surface area contributed by atoms with Crippen LogP contribution in [-0.2, 0) is 33.2 Å². The molecule has 0 heterocycles. The molecule has 0 saturated heterocycles. The fraction of sp³-hybridized carbons (Fsp3) is 0.875. The Morgan fingerprint density at radius 3 is 1.97 bits per heavy atom. The highest BCUT2D eigenvalue weighted by Gasteiger charge is 2.15. The van der Waals surface area contributed by atoms with E-state index in [0.717, 1.165) is 0 Å². The number of hydrogen-bond donors (Lipinski definition) is 3. The minimum atomic E-state index is -0.541. The molecule has 1 atom stereocenters. The highest BCUT2D eigenvalue weighted by Crippen LogP contribution is 2.06. The molecule has 0 bridgehead atoms. The Balaban J connectivity index is 3.50. The number of nitrogens with one attached hydrogen (secondary N) is 3. The Labute approximate surface area is 230 Å². The smallest absolute Gasteiger partial charge is 0.407 e. The molecule has 3 N–H and O–H groups in total. The minimum Gasteiger partial charge on any atom is -0.447 e. The van der Waals surface area contributed by atoms with Crippen LogP contribution in [0.25, 0.3) is 10.4 Å². The molecule has 15 heteroatoms. The molecule has 39 heavy (non-hydrogen) atoms. The van der Waals surface area contributed by atoms with Gasteiger partial charge >= 0.3 is 12.2 Å². The van der Waals surface area contributed by atoms with E-state index in [1.54, 1.807) is 20.8 Å². The van der Waals surface area contributed by atoms with Gasteiger partial charge in [-0.15, -0.1) is 0 Å². The first kappa shape index (κ1) is 36.2. The van der Waals surface area contributed by atoms with Crippen LogP contribution in [-0.4, -0.2) is 109 Å². The quantitative estimate of drug-likeness (QED) is 0.0724. The van der Waals surface area contributed by atoms with Gasteiger partial charge in [0.1, 0.15) is 12.2 Å². The van der Waals surface area contributed by atoms with E-state index < -0.39 is 17.8 Å². The first-order valence-electron chi connectivity index (χ1n) is 13.1. The molecule has 15 nitrogen and oxygen atoms in total. The van der Waals surface area contributed by atoms with Gasteiger partial charge in [-0.05, 0) is 38.6 Å². The SMILES string of the molecule is CC(CCC(=O)NCCOCCOCCNC(=O)OC(C)(C)C)CNC(=O)OCCOCCOCCN=[N+]=[N-]. The lowest BCUT2D eigenvalue weighted by atomic mass is 10.1. The fourth-order valence-electron chi connectivity index (χ4n) is 2.67. The summed E-state index contributed by atoms with van der Waals surface area (Å²) in [7, 11) is 0. The molecule has 3 amide bonds. The van der Waals surface area contributed by atoms with Crippen LogP contribution >= 0.6 is 0 Å². The summed E-state index contributed by atoms with van der Waals surface area (Å²) in [6, 6.07) is 0. The number of ether oxygens (including phenoxy) is 6. The van der Waals surface area contributed by atoms with Crippen LogP contribution in [0.5, 0.6) is 0 Å². The Bertz CT molecular complexity index is 715. The molecule has 0 rings (SSSR count). The average Bonchev–Trinajstić information content (AvgIpc) is 2.87. The van der Waals surface area contributed by atoms with Crippen molar-refractivity contribution in [3.05, 3.63) is 10.4 Å². The molecule has 0 radical (unpaired) electrons. The number of azide groups is 1. The van der Waals surface area contributed by atoms with E-state index in [4.69, 9.17) is 34.0 Å². The van der Waals surface area contributed by atoms with Gasteiger partial charge in [-0.3, -0.25) is 4.79 Å². The van der Waals surface area contributed by atoms with Gasteiger partial charge in [-0.25, -0.2) is 9.59 Å². The second kappa shape index (κ2) is 24.2. The van der Waals surface area contributed by atoms with Crippen LogP contribution in [0.1, 0.15) is 40.5 Å². The summed E-state index contributed by atoms with van der Waals surface area (Å²) < 4.78 is 31.3.